The number of carbonyl (C=O) groups is 3. The molecule has 0 spiro atoms. The second-order valence-electron chi connectivity index (χ2n) is 9.89. The summed E-state index contributed by atoms with van der Waals surface area (Å²) in [6.07, 6.45) is -0.600. The van der Waals surface area contributed by atoms with Gasteiger partial charge in [0.2, 0.25) is 10.9 Å². The predicted molar refractivity (Wildman–Crippen MR) is 160 cm³/mol. The van der Waals surface area contributed by atoms with Gasteiger partial charge < -0.3 is 19.5 Å². The summed E-state index contributed by atoms with van der Waals surface area (Å²) < 4.78 is 18.1. The number of ether oxygens (including phenoxy) is 3. The topological polar surface area (TPSA) is 141 Å². The minimum atomic E-state index is -0.600. The molecule has 2 aliphatic heterocycles. The van der Waals surface area contributed by atoms with Gasteiger partial charge in [-0.05, 0) is 49.4 Å². The van der Waals surface area contributed by atoms with Crippen molar-refractivity contribution in [3.05, 3.63) is 105 Å². The summed E-state index contributed by atoms with van der Waals surface area (Å²) >= 11 is 1.05. The van der Waals surface area contributed by atoms with Crippen LogP contribution >= 0.6 is 11.3 Å². The highest BCUT2D eigenvalue weighted by Gasteiger charge is 2.36. The second kappa shape index (κ2) is 10.9. The van der Waals surface area contributed by atoms with Crippen LogP contribution in [-0.2, 0) is 14.3 Å². The maximum Gasteiger partial charge on any atom is 0.338 e. The van der Waals surface area contributed by atoms with E-state index in [2.05, 4.69) is 15.4 Å². The minimum Gasteiger partial charge on any atom is -0.485 e. The van der Waals surface area contributed by atoms with Crippen molar-refractivity contribution in [1.29, 1.82) is 0 Å². The number of anilines is 2. The summed E-state index contributed by atoms with van der Waals surface area (Å²) in [6, 6.07) is 20.5. The molecule has 0 radical (unpaired) electrons. The van der Waals surface area contributed by atoms with Crippen molar-refractivity contribution >= 4 is 51.0 Å². The first-order chi connectivity index (χ1) is 21.4. The van der Waals surface area contributed by atoms with Gasteiger partial charge in [0.15, 0.2) is 23.4 Å². The largest absolute Gasteiger partial charge is 0.485 e. The van der Waals surface area contributed by atoms with E-state index in [0.29, 0.717) is 44.8 Å². The average molecular weight is 610 g/mol. The molecule has 13 heteroatoms. The zero-order chi connectivity index (χ0) is 30.4. The number of nitrogens with one attached hydrogen (secondary N) is 1. The number of hydrogen-bond acceptors (Lipinski definition) is 10. The van der Waals surface area contributed by atoms with E-state index in [9.17, 15) is 19.2 Å². The van der Waals surface area contributed by atoms with Crippen LogP contribution in [0.3, 0.4) is 0 Å². The fourth-order valence-electron chi connectivity index (χ4n) is 5.09. The molecule has 44 heavy (non-hydrogen) atoms. The van der Waals surface area contributed by atoms with Crippen molar-refractivity contribution in [2.45, 2.75) is 13.0 Å². The van der Waals surface area contributed by atoms with E-state index in [-0.39, 0.29) is 29.9 Å². The van der Waals surface area contributed by atoms with Crippen LogP contribution in [0.4, 0.5) is 11.4 Å². The highest BCUT2D eigenvalue weighted by Crippen LogP contribution is 2.36. The number of hydrogen-bond donors (Lipinski definition) is 1. The van der Waals surface area contributed by atoms with E-state index in [1.807, 2.05) is 12.1 Å². The Morgan fingerprint density at radius 3 is 2.55 bits per heavy atom. The SMILES string of the molecule is CCOC(=O)c1ccc(NC(=O)CN2C(=O)C(=c3sc4nc(C5COc6ccccc6O5)nn4c3=O)c3ccccc32)cc1. The predicted octanol–water partition coefficient (Wildman–Crippen LogP) is 2.74. The number of thiazole rings is 1. The van der Waals surface area contributed by atoms with Crippen LogP contribution in [-0.4, -0.2) is 52.1 Å². The molecule has 2 amide bonds. The quantitative estimate of drug-likeness (QED) is 0.288. The second-order valence-corrected chi connectivity index (χ2v) is 10.9. The highest BCUT2D eigenvalue weighted by molar-refractivity contribution is 7.15. The lowest BCUT2D eigenvalue weighted by Gasteiger charge is -2.24. The van der Waals surface area contributed by atoms with Crippen LogP contribution in [0.5, 0.6) is 11.5 Å². The maximum absolute atomic E-state index is 13.8. The summed E-state index contributed by atoms with van der Waals surface area (Å²) in [5, 5.41) is 7.14. The number of para-hydroxylation sites is 3. The lowest BCUT2D eigenvalue weighted by atomic mass is 10.1. The van der Waals surface area contributed by atoms with E-state index < -0.39 is 29.4 Å². The monoisotopic (exact) mass is 609 g/mol. The molecule has 4 heterocycles. The molecule has 2 aliphatic rings. The van der Waals surface area contributed by atoms with Gasteiger partial charge in [-0.2, -0.15) is 9.50 Å². The fourth-order valence-corrected chi connectivity index (χ4v) is 6.09. The van der Waals surface area contributed by atoms with Crippen LogP contribution in [0, 0.1) is 0 Å². The molecule has 7 rings (SSSR count). The van der Waals surface area contributed by atoms with E-state index >= 15 is 0 Å². The Hall–Kier alpha value is -5.56. The molecule has 2 aromatic heterocycles. The molecule has 5 aromatic rings. The number of aromatic nitrogens is 3. The first-order valence-corrected chi connectivity index (χ1v) is 14.5. The molecule has 0 saturated heterocycles. The number of fused-ring (bicyclic) bond motifs is 3. The number of carbonyl (C=O) groups excluding carboxylic acids is 3. The molecular weight excluding hydrogens is 586 g/mol. The van der Waals surface area contributed by atoms with Gasteiger partial charge in [-0.1, -0.05) is 41.7 Å². The molecule has 220 valence electrons. The Morgan fingerprint density at radius 2 is 1.77 bits per heavy atom. The molecule has 1 N–H and O–H groups in total. The minimum absolute atomic E-state index is 0.174. The van der Waals surface area contributed by atoms with Gasteiger partial charge in [-0.25, -0.2) is 4.79 Å². The van der Waals surface area contributed by atoms with Crippen LogP contribution in [0.1, 0.15) is 34.8 Å². The number of rotatable bonds is 6. The zero-order valence-corrected chi connectivity index (χ0v) is 24.0. The van der Waals surface area contributed by atoms with Gasteiger partial charge in [0.1, 0.15) is 17.7 Å². The van der Waals surface area contributed by atoms with Gasteiger partial charge in [-0.3, -0.25) is 19.3 Å². The number of benzene rings is 3. The van der Waals surface area contributed by atoms with Crippen molar-refractivity contribution in [1.82, 2.24) is 14.6 Å². The Bertz CT molecular complexity index is 2070. The van der Waals surface area contributed by atoms with Crippen LogP contribution in [0.15, 0.2) is 77.6 Å². The van der Waals surface area contributed by atoms with Crippen molar-refractivity contribution in [3.8, 4) is 11.5 Å². The third-order valence-electron chi connectivity index (χ3n) is 7.10. The Labute approximate surface area is 253 Å². The van der Waals surface area contributed by atoms with Gasteiger partial charge in [0.05, 0.1) is 23.4 Å². The van der Waals surface area contributed by atoms with E-state index in [1.165, 1.54) is 4.90 Å². The molecule has 12 nitrogen and oxygen atoms in total. The van der Waals surface area contributed by atoms with Gasteiger partial charge in [0.25, 0.3) is 11.5 Å². The van der Waals surface area contributed by atoms with Crippen molar-refractivity contribution in [2.24, 2.45) is 0 Å². The third kappa shape index (κ3) is 4.72. The van der Waals surface area contributed by atoms with E-state index in [4.69, 9.17) is 14.2 Å². The Kier molecular flexibility index (Phi) is 6.78. The summed E-state index contributed by atoms with van der Waals surface area (Å²) in [7, 11) is 0. The van der Waals surface area contributed by atoms with Gasteiger partial charge >= 0.3 is 5.97 Å². The Balaban J connectivity index is 1.15. The van der Waals surface area contributed by atoms with Crippen molar-refractivity contribution in [3.63, 3.8) is 0 Å². The third-order valence-corrected chi connectivity index (χ3v) is 8.13. The smallest absolute Gasteiger partial charge is 0.338 e. The first-order valence-electron chi connectivity index (χ1n) is 13.7. The van der Waals surface area contributed by atoms with E-state index in [1.54, 1.807) is 67.6 Å². The summed E-state index contributed by atoms with van der Waals surface area (Å²) in [5.74, 6) is 0.0831. The molecule has 1 unspecified atom stereocenters. The summed E-state index contributed by atoms with van der Waals surface area (Å²) in [5.41, 5.74) is 1.54. The summed E-state index contributed by atoms with van der Waals surface area (Å²) in [4.78, 5) is 58.4. The standard InChI is InChI=1S/C31H23N5O7S/c1-2-41-30(40)17-11-13-18(14-12-17)32-24(37)15-35-20-8-4-3-7-19(20)25(28(35)38)26-29(39)36-31(44-26)33-27(34-36)23-16-42-21-9-5-6-10-22(21)43-23/h3-14,23H,2,15-16H2,1H3,(H,32,37). The number of esters is 1. The Morgan fingerprint density at radius 1 is 1.02 bits per heavy atom. The highest BCUT2D eigenvalue weighted by atomic mass is 32.1. The number of amides is 2. The van der Waals surface area contributed by atoms with Crippen LogP contribution in [0.25, 0.3) is 10.5 Å². The molecule has 0 bridgehead atoms. The molecule has 1 atom stereocenters. The van der Waals surface area contributed by atoms with Gasteiger partial charge in [-0.15, -0.1) is 5.10 Å². The van der Waals surface area contributed by atoms with E-state index in [0.717, 1.165) is 15.9 Å². The van der Waals surface area contributed by atoms with Crippen LogP contribution in [0.2, 0.25) is 0 Å². The molecule has 0 aliphatic carbocycles. The summed E-state index contributed by atoms with van der Waals surface area (Å²) in [6.45, 7) is 1.87. The van der Waals surface area contributed by atoms with Crippen molar-refractivity contribution < 1.29 is 28.6 Å². The molecule has 3 aromatic carbocycles. The average Bonchev–Trinajstić information content (AvgIpc) is 3.67. The maximum atomic E-state index is 13.8. The lowest BCUT2D eigenvalue weighted by molar-refractivity contribution is -0.118. The normalized spacial score (nSPS) is 16.6. The fraction of sp³-hybridized carbons (Fsp3) is 0.161. The lowest BCUT2D eigenvalue weighted by Crippen LogP contribution is -2.37. The van der Waals surface area contributed by atoms with Gasteiger partial charge in [0, 0.05) is 11.3 Å². The van der Waals surface area contributed by atoms with Crippen LogP contribution < -0.4 is 29.8 Å². The van der Waals surface area contributed by atoms with Crippen molar-refractivity contribution in [2.75, 3.05) is 30.0 Å². The molecule has 0 saturated carbocycles. The molecule has 0 fully saturated rings. The number of nitrogens with zero attached hydrogens (tertiary/aromatic N) is 4. The first kappa shape index (κ1) is 27.3. The molecular formula is C31H23N5O7S. The zero-order valence-electron chi connectivity index (χ0n) is 23.2.